The van der Waals surface area contributed by atoms with Gasteiger partial charge in [0.2, 0.25) is 5.95 Å². The van der Waals surface area contributed by atoms with Crippen molar-refractivity contribution in [3.63, 3.8) is 0 Å². The SMILES string of the molecule is c1cnc2c(c1)CC(Nc1ncc(-c3nnc(N4CCC(c5c[nH]nn5)C4)o3)cn1)C2. The van der Waals surface area contributed by atoms with Crippen molar-refractivity contribution in [2.45, 2.75) is 31.2 Å². The lowest BCUT2D eigenvalue weighted by atomic mass is 10.1. The van der Waals surface area contributed by atoms with Crippen molar-refractivity contribution in [3.05, 3.63) is 53.9 Å². The Kier molecular flexibility index (Phi) is 4.29. The Morgan fingerprint density at radius 2 is 2.03 bits per heavy atom. The average molecular weight is 416 g/mol. The lowest BCUT2D eigenvalue weighted by Crippen LogP contribution is -2.21. The summed E-state index contributed by atoms with van der Waals surface area (Å²) in [7, 11) is 0. The van der Waals surface area contributed by atoms with Gasteiger partial charge in [-0.2, -0.15) is 0 Å². The zero-order valence-corrected chi connectivity index (χ0v) is 16.6. The molecule has 1 aliphatic heterocycles. The maximum absolute atomic E-state index is 5.89. The highest BCUT2D eigenvalue weighted by Crippen LogP contribution is 2.30. The van der Waals surface area contributed by atoms with Crippen molar-refractivity contribution in [2.75, 3.05) is 23.3 Å². The fraction of sp³-hybridized carbons (Fsp3) is 0.350. The van der Waals surface area contributed by atoms with Gasteiger partial charge in [-0.1, -0.05) is 16.4 Å². The first-order chi connectivity index (χ1) is 15.3. The van der Waals surface area contributed by atoms with E-state index in [1.54, 1.807) is 12.4 Å². The van der Waals surface area contributed by atoms with Crippen LogP contribution >= 0.6 is 0 Å². The summed E-state index contributed by atoms with van der Waals surface area (Å²) in [5.74, 6) is 1.29. The third-order valence-electron chi connectivity index (χ3n) is 5.85. The largest absolute Gasteiger partial charge is 0.403 e. The second-order valence-electron chi connectivity index (χ2n) is 7.87. The number of hydrogen-bond acceptors (Lipinski definition) is 10. The zero-order valence-electron chi connectivity index (χ0n) is 16.6. The van der Waals surface area contributed by atoms with Gasteiger partial charge in [0.1, 0.15) is 0 Å². The van der Waals surface area contributed by atoms with E-state index in [0.717, 1.165) is 43.7 Å². The molecule has 2 N–H and O–H groups in total. The summed E-state index contributed by atoms with van der Waals surface area (Å²) in [4.78, 5) is 15.4. The molecule has 2 aliphatic rings. The lowest BCUT2D eigenvalue weighted by Gasteiger charge is -2.12. The van der Waals surface area contributed by atoms with Gasteiger partial charge >= 0.3 is 6.01 Å². The Morgan fingerprint density at radius 3 is 2.87 bits per heavy atom. The molecule has 4 aromatic rings. The van der Waals surface area contributed by atoms with Crippen LogP contribution in [0.25, 0.3) is 11.5 Å². The minimum absolute atomic E-state index is 0.249. The second-order valence-corrected chi connectivity index (χ2v) is 7.87. The smallest absolute Gasteiger partial charge is 0.318 e. The van der Waals surface area contributed by atoms with Crippen LogP contribution in [0, 0.1) is 0 Å². The van der Waals surface area contributed by atoms with E-state index >= 15 is 0 Å². The molecular weight excluding hydrogens is 396 g/mol. The summed E-state index contributed by atoms with van der Waals surface area (Å²) in [6.45, 7) is 1.60. The van der Waals surface area contributed by atoms with E-state index in [-0.39, 0.29) is 6.04 Å². The molecule has 11 heteroatoms. The molecule has 2 unspecified atom stereocenters. The van der Waals surface area contributed by atoms with Crippen molar-refractivity contribution >= 4 is 12.0 Å². The van der Waals surface area contributed by atoms with Crippen molar-refractivity contribution in [3.8, 4) is 11.5 Å². The molecule has 5 heterocycles. The number of rotatable bonds is 5. The van der Waals surface area contributed by atoms with Gasteiger partial charge in [-0.25, -0.2) is 9.97 Å². The average Bonchev–Trinajstić information content (AvgIpc) is 3.60. The lowest BCUT2D eigenvalue weighted by molar-refractivity contribution is 0.555. The van der Waals surface area contributed by atoms with E-state index in [1.807, 2.05) is 18.5 Å². The summed E-state index contributed by atoms with van der Waals surface area (Å²) in [5, 5.41) is 22.4. The van der Waals surface area contributed by atoms with E-state index < -0.39 is 0 Å². The van der Waals surface area contributed by atoms with Gasteiger partial charge in [-0.3, -0.25) is 10.1 Å². The Balaban J connectivity index is 1.10. The fourth-order valence-corrected chi connectivity index (χ4v) is 4.25. The number of nitrogens with zero attached hydrogens (tertiary/aromatic N) is 8. The first-order valence-corrected chi connectivity index (χ1v) is 10.3. The molecule has 1 fully saturated rings. The van der Waals surface area contributed by atoms with E-state index in [0.29, 0.717) is 29.3 Å². The number of aromatic amines is 1. The van der Waals surface area contributed by atoms with Crippen LogP contribution in [0.5, 0.6) is 0 Å². The molecule has 0 radical (unpaired) electrons. The van der Waals surface area contributed by atoms with Crippen LogP contribution in [0.4, 0.5) is 12.0 Å². The normalized spacial score (nSPS) is 20.2. The number of pyridine rings is 1. The molecule has 2 atom stereocenters. The Labute approximate surface area is 177 Å². The summed E-state index contributed by atoms with van der Waals surface area (Å²) in [6.07, 6.45) is 9.84. The Morgan fingerprint density at radius 1 is 1.10 bits per heavy atom. The molecule has 0 amide bonds. The predicted octanol–water partition coefficient (Wildman–Crippen LogP) is 1.61. The van der Waals surface area contributed by atoms with Crippen LogP contribution in [0.15, 0.2) is 41.3 Å². The minimum Gasteiger partial charge on any atom is -0.403 e. The molecule has 0 saturated carbocycles. The number of fused-ring (bicyclic) bond motifs is 1. The molecular formula is C20H20N10O. The van der Waals surface area contributed by atoms with Crippen molar-refractivity contribution in [2.24, 2.45) is 0 Å². The fourth-order valence-electron chi connectivity index (χ4n) is 4.25. The van der Waals surface area contributed by atoms with Crippen LogP contribution in [-0.2, 0) is 12.8 Å². The Hall–Kier alpha value is -3.89. The van der Waals surface area contributed by atoms with Crippen LogP contribution in [0.1, 0.15) is 29.3 Å². The molecule has 1 aliphatic carbocycles. The summed E-state index contributed by atoms with van der Waals surface area (Å²) in [5.41, 5.74) is 4.07. The molecule has 0 spiro atoms. The van der Waals surface area contributed by atoms with E-state index in [1.165, 1.54) is 5.56 Å². The summed E-state index contributed by atoms with van der Waals surface area (Å²) in [6, 6.07) is 4.84. The van der Waals surface area contributed by atoms with E-state index in [9.17, 15) is 0 Å². The van der Waals surface area contributed by atoms with Crippen LogP contribution in [0.3, 0.4) is 0 Å². The van der Waals surface area contributed by atoms with Crippen LogP contribution in [-0.4, -0.2) is 59.7 Å². The second kappa shape index (κ2) is 7.42. The maximum atomic E-state index is 5.89. The molecule has 11 nitrogen and oxygen atoms in total. The van der Waals surface area contributed by atoms with Gasteiger partial charge in [-0.15, -0.1) is 10.2 Å². The standard InChI is InChI=1S/C20H20N10O/c1-2-12-6-15(7-16(12)21-4-1)25-19-22-8-14(9-23-19)18-27-28-20(31-18)30-5-3-13(11-30)17-10-24-29-26-17/h1-2,4,8-10,13,15H,3,5-7,11H2,(H,22,23,25)(H,24,26,29). The van der Waals surface area contributed by atoms with Gasteiger partial charge in [0.25, 0.3) is 5.89 Å². The van der Waals surface area contributed by atoms with Gasteiger partial charge in [-0.05, 0) is 24.5 Å². The quantitative estimate of drug-likeness (QED) is 0.494. The molecule has 31 heavy (non-hydrogen) atoms. The highest BCUT2D eigenvalue weighted by molar-refractivity contribution is 5.52. The number of anilines is 2. The van der Waals surface area contributed by atoms with Crippen molar-refractivity contribution in [1.29, 1.82) is 0 Å². The number of hydrogen-bond donors (Lipinski definition) is 2. The number of nitrogens with one attached hydrogen (secondary N) is 2. The molecule has 0 bridgehead atoms. The number of aromatic nitrogens is 8. The number of H-pyrrole nitrogens is 1. The van der Waals surface area contributed by atoms with Gasteiger partial charge in [0.05, 0.1) is 11.3 Å². The summed E-state index contributed by atoms with van der Waals surface area (Å²) >= 11 is 0. The minimum atomic E-state index is 0.249. The monoisotopic (exact) mass is 416 g/mol. The zero-order chi connectivity index (χ0) is 20.6. The third-order valence-corrected chi connectivity index (χ3v) is 5.85. The molecule has 4 aromatic heterocycles. The van der Waals surface area contributed by atoms with Crippen LogP contribution in [0.2, 0.25) is 0 Å². The molecule has 6 rings (SSSR count). The van der Waals surface area contributed by atoms with Gasteiger partial charge in [0, 0.05) is 62.0 Å². The maximum Gasteiger partial charge on any atom is 0.318 e. The first-order valence-electron chi connectivity index (χ1n) is 10.3. The molecule has 0 aromatic carbocycles. The molecule has 1 saturated heterocycles. The van der Waals surface area contributed by atoms with Crippen molar-refractivity contribution in [1.82, 2.24) is 40.6 Å². The predicted molar refractivity (Wildman–Crippen MR) is 110 cm³/mol. The van der Waals surface area contributed by atoms with Crippen LogP contribution < -0.4 is 10.2 Å². The third kappa shape index (κ3) is 3.47. The summed E-state index contributed by atoms with van der Waals surface area (Å²) < 4.78 is 5.89. The first kappa shape index (κ1) is 17.9. The highest BCUT2D eigenvalue weighted by atomic mass is 16.4. The topological polar surface area (TPSA) is 134 Å². The van der Waals surface area contributed by atoms with Gasteiger partial charge < -0.3 is 14.6 Å². The molecule has 156 valence electrons. The van der Waals surface area contributed by atoms with E-state index in [2.05, 4.69) is 56.8 Å². The van der Waals surface area contributed by atoms with Crippen molar-refractivity contribution < 1.29 is 4.42 Å². The van der Waals surface area contributed by atoms with Gasteiger partial charge in [0.15, 0.2) is 0 Å². The van der Waals surface area contributed by atoms with E-state index in [4.69, 9.17) is 4.42 Å². The Bertz CT molecular complexity index is 1150. The highest BCUT2D eigenvalue weighted by Gasteiger charge is 2.29.